The predicted molar refractivity (Wildman–Crippen MR) is 78.9 cm³/mol. The van der Waals surface area contributed by atoms with Crippen LogP contribution >= 0.6 is 11.3 Å². The molecule has 1 aromatic heterocycles. The lowest BCUT2D eigenvalue weighted by molar-refractivity contribution is -0.143. The van der Waals surface area contributed by atoms with Gasteiger partial charge in [-0.15, -0.1) is 11.3 Å². The van der Waals surface area contributed by atoms with Crippen LogP contribution in [0.3, 0.4) is 0 Å². The highest BCUT2D eigenvalue weighted by atomic mass is 32.1. The maximum atomic E-state index is 12.2. The highest BCUT2D eigenvalue weighted by Gasteiger charge is 2.26. The number of carbonyl (C=O) groups excluding carboxylic acids is 2. The van der Waals surface area contributed by atoms with Crippen molar-refractivity contribution >= 4 is 23.2 Å². The third-order valence-corrected chi connectivity index (χ3v) is 4.53. The second-order valence-electron chi connectivity index (χ2n) is 4.94. The van der Waals surface area contributed by atoms with Gasteiger partial charge in [0.15, 0.2) is 0 Å². The largest absolute Gasteiger partial charge is 0.466 e. The number of carbonyl (C=O) groups is 2. The number of hydrogen-bond acceptors (Lipinski definition) is 4. The molecule has 0 spiro atoms. The topological polar surface area (TPSA) is 55.4 Å². The van der Waals surface area contributed by atoms with Gasteiger partial charge in [-0.05, 0) is 49.6 Å². The SMILES string of the molecule is CCOC(=O)CCCNC(=O)C1CCCc2sccc21. The third-order valence-electron chi connectivity index (χ3n) is 3.53. The number of ether oxygens (including phenoxy) is 1. The first kappa shape index (κ1) is 15.0. The van der Waals surface area contributed by atoms with Crippen LogP contribution in [-0.4, -0.2) is 25.0 Å². The van der Waals surface area contributed by atoms with E-state index < -0.39 is 0 Å². The zero-order valence-corrected chi connectivity index (χ0v) is 12.6. The van der Waals surface area contributed by atoms with Gasteiger partial charge in [-0.25, -0.2) is 0 Å². The van der Waals surface area contributed by atoms with Crippen LogP contribution in [0.15, 0.2) is 11.4 Å². The molecule has 0 bridgehead atoms. The Morgan fingerprint density at radius 1 is 1.50 bits per heavy atom. The minimum absolute atomic E-state index is 0.00686. The Hall–Kier alpha value is -1.36. The van der Waals surface area contributed by atoms with Gasteiger partial charge in [-0.1, -0.05) is 0 Å². The van der Waals surface area contributed by atoms with Crippen molar-refractivity contribution < 1.29 is 14.3 Å². The van der Waals surface area contributed by atoms with Crippen LogP contribution in [0.4, 0.5) is 0 Å². The second-order valence-corrected chi connectivity index (χ2v) is 5.94. The fourth-order valence-electron chi connectivity index (χ4n) is 2.56. The number of hydrogen-bond donors (Lipinski definition) is 1. The quantitative estimate of drug-likeness (QED) is 0.648. The molecule has 1 N–H and O–H groups in total. The summed E-state index contributed by atoms with van der Waals surface area (Å²) < 4.78 is 4.85. The molecule has 5 heteroatoms. The van der Waals surface area contributed by atoms with Gasteiger partial charge < -0.3 is 10.1 Å². The Bertz CT molecular complexity index is 469. The van der Waals surface area contributed by atoms with E-state index >= 15 is 0 Å². The number of fused-ring (bicyclic) bond motifs is 1. The van der Waals surface area contributed by atoms with E-state index in [1.807, 2.05) is 0 Å². The summed E-state index contributed by atoms with van der Waals surface area (Å²) in [7, 11) is 0. The van der Waals surface area contributed by atoms with Crippen LogP contribution in [0.1, 0.15) is 49.0 Å². The van der Waals surface area contributed by atoms with E-state index in [1.54, 1.807) is 18.3 Å². The number of amides is 1. The molecule has 0 aliphatic heterocycles. The van der Waals surface area contributed by atoms with E-state index in [4.69, 9.17) is 4.74 Å². The summed E-state index contributed by atoms with van der Waals surface area (Å²) in [5.74, 6) is -0.111. The molecule has 1 aliphatic rings. The van der Waals surface area contributed by atoms with Crippen molar-refractivity contribution in [2.24, 2.45) is 0 Å². The van der Waals surface area contributed by atoms with Crippen molar-refractivity contribution in [3.63, 3.8) is 0 Å². The molecule has 2 rings (SSSR count). The maximum absolute atomic E-state index is 12.2. The van der Waals surface area contributed by atoms with Gasteiger partial charge in [0.2, 0.25) is 5.91 Å². The van der Waals surface area contributed by atoms with Crippen molar-refractivity contribution in [2.45, 2.75) is 44.9 Å². The Labute approximate surface area is 123 Å². The lowest BCUT2D eigenvalue weighted by Gasteiger charge is -2.21. The molecule has 0 radical (unpaired) electrons. The van der Waals surface area contributed by atoms with Crippen molar-refractivity contribution in [3.05, 3.63) is 21.9 Å². The summed E-state index contributed by atoms with van der Waals surface area (Å²) in [6.45, 7) is 2.74. The molecule has 110 valence electrons. The molecule has 0 saturated heterocycles. The third kappa shape index (κ3) is 3.82. The minimum Gasteiger partial charge on any atom is -0.466 e. The van der Waals surface area contributed by atoms with Crippen molar-refractivity contribution in [1.82, 2.24) is 5.32 Å². The Morgan fingerprint density at radius 2 is 2.35 bits per heavy atom. The van der Waals surface area contributed by atoms with Gasteiger partial charge in [0.1, 0.15) is 0 Å². The lowest BCUT2D eigenvalue weighted by Crippen LogP contribution is -2.31. The van der Waals surface area contributed by atoms with Crippen molar-refractivity contribution in [1.29, 1.82) is 0 Å². The van der Waals surface area contributed by atoms with Crippen LogP contribution in [0, 0.1) is 0 Å². The number of rotatable bonds is 6. The number of esters is 1. The van der Waals surface area contributed by atoms with Gasteiger partial charge in [0, 0.05) is 17.8 Å². The molecule has 4 nitrogen and oxygen atoms in total. The van der Waals surface area contributed by atoms with Crippen LogP contribution in [0.25, 0.3) is 0 Å². The Morgan fingerprint density at radius 3 is 3.15 bits per heavy atom. The smallest absolute Gasteiger partial charge is 0.305 e. The lowest BCUT2D eigenvalue weighted by atomic mass is 9.87. The zero-order chi connectivity index (χ0) is 14.4. The van der Waals surface area contributed by atoms with Crippen LogP contribution in [0.2, 0.25) is 0 Å². The minimum atomic E-state index is -0.195. The fourth-order valence-corrected chi connectivity index (χ4v) is 3.55. The monoisotopic (exact) mass is 295 g/mol. The Balaban J connectivity index is 1.75. The highest BCUT2D eigenvalue weighted by molar-refractivity contribution is 7.10. The normalized spacial score (nSPS) is 17.4. The van der Waals surface area contributed by atoms with E-state index in [1.165, 1.54) is 10.4 Å². The molecule has 0 fully saturated rings. The van der Waals surface area contributed by atoms with E-state index in [0.717, 1.165) is 19.3 Å². The van der Waals surface area contributed by atoms with Crippen LogP contribution in [0.5, 0.6) is 0 Å². The summed E-state index contributed by atoms with van der Waals surface area (Å²) in [5.41, 5.74) is 1.20. The summed E-state index contributed by atoms with van der Waals surface area (Å²) >= 11 is 1.74. The predicted octanol–water partition coefficient (Wildman–Crippen LogP) is 2.63. The molecule has 0 saturated carbocycles. The number of aryl methyl sites for hydroxylation is 1. The number of thiophene rings is 1. The molecular weight excluding hydrogens is 274 g/mol. The molecule has 20 heavy (non-hydrogen) atoms. The second kappa shape index (κ2) is 7.43. The van der Waals surface area contributed by atoms with Gasteiger partial charge in [0.05, 0.1) is 12.5 Å². The molecule has 1 aliphatic carbocycles. The molecule has 1 unspecified atom stereocenters. The van der Waals surface area contributed by atoms with E-state index in [0.29, 0.717) is 26.0 Å². The van der Waals surface area contributed by atoms with Crippen LogP contribution < -0.4 is 5.32 Å². The summed E-state index contributed by atoms with van der Waals surface area (Å²) in [5, 5.41) is 5.00. The molecule has 1 atom stereocenters. The van der Waals surface area contributed by atoms with Gasteiger partial charge in [-0.2, -0.15) is 0 Å². The summed E-state index contributed by atoms with van der Waals surface area (Å²) in [6.07, 6.45) is 4.10. The molecule has 1 amide bonds. The molecule has 0 aromatic carbocycles. The van der Waals surface area contributed by atoms with E-state index in [-0.39, 0.29) is 17.8 Å². The van der Waals surface area contributed by atoms with Crippen molar-refractivity contribution in [3.8, 4) is 0 Å². The number of nitrogens with one attached hydrogen (secondary N) is 1. The first-order chi connectivity index (χ1) is 9.72. The van der Waals surface area contributed by atoms with Gasteiger partial charge >= 0.3 is 5.97 Å². The summed E-state index contributed by atoms with van der Waals surface area (Å²) in [4.78, 5) is 24.7. The Kier molecular flexibility index (Phi) is 5.59. The van der Waals surface area contributed by atoms with Crippen LogP contribution in [-0.2, 0) is 20.7 Å². The molecule has 1 aromatic rings. The van der Waals surface area contributed by atoms with E-state index in [2.05, 4.69) is 16.8 Å². The van der Waals surface area contributed by atoms with Crippen molar-refractivity contribution in [2.75, 3.05) is 13.2 Å². The van der Waals surface area contributed by atoms with Gasteiger partial charge in [-0.3, -0.25) is 9.59 Å². The van der Waals surface area contributed by atoms with Gasteiger partial charge in [0.25, 0.3) is 0 Å². The average molecular weight is 295 g/mol. The first-order valence-corrected chi connectivity index (χ1v) is 8.10. The molecular formula is C15H21NO3S. The summed E-state index contributed by atoms with van der Waals surface area (Å²) in [6, 6.07) is 2.07. The average Bonchev–Trinajstić information content (AvgIpc) is 2.91. The van der Waals surface area contributed by atoms with E-state index in [9.17, 15) is 9.59 Å². The maximum Gasteiger partial charge on any atom is 0.305 e. The molecule has 1 heterocycles. The first-order valence-electron chi connectivity index (χ1n) is 7.22. The highest BCUT2D eigenvalue weighted by Crippen LogP contribution is 2.34. The standard InChI is InChI=1S/C15H21NO3S/c1-2-19-14(17)7-4-9-16-15(18)12-5-3-6-13-11(12)8-10-20-13/h8,10,12H,2-7,9H2,1H3,(H,16,18). The fraction of sp³-hybridized carbons (Fsp3) is 0.600. The zero-order valence-electron chi connectivity index (χ0n) is 11.8.